The van der Waals surface area contributed by atoms with Gasteiger partial charge in [-0.25, -0.2) is 0 Å². The molecule has 12 atom stereocenters. The molecule has 248 valence electrons. The molecule has 4 fully saturated rings. The van der Waals surface area contributed by atoms with Gasteiger partial charge < -0.3 is 52.1 Å². The van der Waals surface area contributed by atoms with Crippen molar-refractivity contribution < 1.29 is 80.8 Å². The van der Waals surface area contributed by atoms with Gasteiger partial charge in [0.25, 0.3) is 5.97 Å². The van der Waals surface area contributed by atoms with E-state index in [1.807, 2.05) is 0 Å². The van der Waals surface area contributed by atoms with Gasteiger partial charge in [0, 0.05) is 34.6 Å². The molecule has 0 bridgehead atoms. The molecule has 17 nitrogen and oxygen atoms in total. The fourth-order valence-electron chi connectivity index (χ4n) is 5.26. The van der Waals surface area contributed by atoms with E-state index in [1.165, 1.54) is 20.8 Å². The Labute approximate surface area is 256 Å². The number of esters is 5. The lowest BCUT2D eigenvalue weighted by molar-refractivity contribution is -0.359. The van der Waals surface area contributed by atoms with E-state index in [1.54, 1.807) is 6.92 Å². The lowest BCUT2D eigenvalue weighted by Gasteiger charge is -2.41. The fourth-order valence-corrected chi connectivity index (χ4v) is 5.34. The summed E-state index contributed by atoms with van der Waals surface area (Å²) in [5, 5.41) is 0. The van der Waals surface area contributed by atoms with Gasteiger partial charge in [-0.2, -0.15) is 0 Å². The molecular formula is C26H35ClO17. The number of ether oxygens (including phenoxy) is 12. The number of carbonyl (C=O) groups is 5. The summed E-state index contributed by atoms with van der Waals surface area (Å²) in [6, 6.07) is 0. The topological polar surface area (TPSA) is 196 Å². The molecule has 4 aliphatic rings. The van der Waals surface area contributed by atoms with Crippen LogP contribution < -0.4 is 0 Å². The molecule has 44 heavy (non-hydrogen) atoms. The first kappa shape index (κ1) is 34.2. The average Bonchev–Trinajstić information content (AvgIpc) is 3.46. The molecule has 2 unspecified atom stereocenters. The smallest absolute Gasteiger partial charge is 0.320 e. The number of carbonyl (C=O) groups excluding carboxylic acids is 5. The molecule has 0 saturated carbocycles. The summed E-state index contributed by atoms with van der Waals surface area (Å²) >= 11 is 5.51. The molecule has 0 aliphatic carbocycles. The minimum absolute atomic E-state index is 0.366. The normalized spacial score (nSPS) is 39.4. The standard InChI is InChI=1S/C26H35ClO17/c1-10(28)35-18-15(8-33-17(32)7-27)42-25-23(21(18)38-13(4)31)43-26(6,44-25)34-9-16-19(36-11(2)29)20(37-12(3)30)22-24(41-16)40-14(5)39-22/h14-16,18-25H,7-9H2,1-6H3/t14?,15-,16-,18-,19-,20+,21+,22-,23-,24+,25-,26?/m1/s1. The Hall–Kier alpha value is -2.64. The Balaban J connectivity index is 1.54. The van der Waals surface area contributed by atoms with Crippen LogP contribution in [0.5, 0.6) is 0 Å². The largest absolute Gasteiger partial charge is 0.462 e. The summed E-state index contributed by atoms with van der Waals surface area (Å²) in [5.74, 6) is -5.92. The minimum Gasteiger partial charge on any atom is -0.462 e. The molecule has 4 saturated heterocycles. The van der Waals surface area contributed by atoms with Crippen molar-refractivity contribution in [1.29, 1.82) is 0 Å². The van der Waals surface area contributed by atoms with Gasteiger partial charge in [-0.15, -0.1) is 11.6 Å². The molecule has 0 aromatic carbocycles. The van der Waals surface area contributed by atoms with E-state index in [2.05, 4.69) is 0 Å². The zero-order chi connectivity index (χ0) is 32.3. The van der Waals surface area contributed by atoms with E-state index in [4.69, 9.17) is 68.4 Å². The molecule has 0 radical (unpaired) electrons. The van der Waals surface area contributed by atoms with Crippen molar-refractivity contribution in [3.63, 3.8) is 0 Å². The average molecular weight is 655 g/mol. The second kappa shape index (κ2) is 14.2. The summed E-state index contributed by atoms with van der Waals surface area (Å²) in [5.41, 5.74) is 0. The SMILES string of the molecule is CC(=O)O[C@@H]1[C@H]2OC(C)O[C@H]2O[C@H](COC2(C)O[C@H]3O[C@H](COC(=O)CCl)[C@@H](OC(C)=O)[C@H](OC(C)=O)[C@H]3O2)[C@H]1OC(C)=O. The Bertz CT molecular complexity index is 1100. The van der Waals surface area contributed by atoms with Crippen LogP contribution in [0, 0.1) is 0 Å². The van der Waals surface area contributed by atoms with Crippen LogP contribution >= 0.6 is 11.6 Å². The zero-order valence-corrected chi connectivity index (χ0v) is 25.5. The predicted octanol–water partition coefficient (Wildman–Crippen LogP) is -0.188. The number of rotatable bonds is 10. The van der Waals surface area contributed by atoms with Crippen molar-refractivity contribution in [3.8, 4) is 0 Å². The lowest BCUT2D eigenvalue weighted by atomic mass is 9.98. The summed E-state index contributed by atoms with van der Waals surface area (Å²) in [6.45, 7) is 6.85. The van der Waals surface area contributed by atoms with Crippen molar-refractivity contribution in [2.45, 2.75) is 115 Å². The van der Waals surface area contributed by atoms with Crippen LogP contribution in [0.15, 0.2) is 0 Å². The molecule has 0 aromatic rings. The summed E-state index contributed by atoms with van der Waals surface area (Å²) < 4.78 is 67.9. The summed E-state index contributed by atoms with van der Waals surface area (Å²) in [7, 11) is 0. The maximum Gasteiger partial charge on any atom is 0.320 e. The first-order valence-electron chi connectivity index (χ1n) is 13.7. The van der Waals surface area contributed by atoms with Crippen molar-refractivity contribution in [1.82, 2.24) is 0 Å². The maximum absolute atomic E-state index is 12.0. The van der Waals surface area contributed by atoms with E-state index >= 15 is 0 Å². The highest BCUT2D eigenvalue weighted by molar-refractivity contribution is 6.26. The van der Waals surface area contributed by atoms with E-state index in [9.17, 15) is 24.0 Å². The molecule has 18 heteroatoms. The van der Waals surface area contributed by atoms with Gasteiger partial charge in [-0.1, -0.05) is 0 Å². The highest BCUT2D eigenvalue weighted by Crippen LogP contribution is 2.41. The number of fused-ring (bicyclic) bond motifs is 2. The third-order valence-corrected chi connectivity index (χ3v) is 6.99. The van der Waals surface area contributed by atoms with E-state index in [0.29, 0.717) is 0 Å². The summed E-state index contributed by atoms with van der Waals surface area (Å²) in [4.78, 5) is 59.6. The molecule has 4 heterocycles. The Morgan fingerprint density at radius 2 is 1.16 bits per heavy atom. The second-order valence-corrected chi connectivity index (χ2v) is 10.6. The molecule has 4 aliphatic heterocycles. The van der Waals surface area contributed by atoms with E-state index < -0.39 is 116 Å². The Kier molecular flexibility index (Phi) is 11.0. The van der Waals surface area contributed by atoms with Crippen molar-refractivity contribution in [3.05, 3.63) is 0 Å². The second-order valence-electron chi connectivity index (χ2n) is 10.4. The first-order valence-corrected chi connectivity index (χ1v) is 14.2. The fraction of sp³-hybridized carbons (Fsp3) is 0.808. The van der Waals surface area contributed by atoms with Gasteiger partial charge in [0.05, 0.1) is 6.61 Å². The van der Waals surface area contributed by atoms with E-state index in [0.717, 1.165) is 13.8 Å². The maximum atomic E-state index is 12.0. The zero-order valence-electron chi connectivity index (χ0n) is 24.8. The lowest BCUT2D eigenvalue weighted by Crippen LogP contribution is -2.60. The van der Waals surface area contributed by atoms with Crippen LogP contribution in [0.25, 0.3) is 0 Å². The van der Waals surface area contributed by atoms with Gasteiger partial charge >= 0.3 is 29.8 Å². The Morgan fingerprint density at radius 3 is 1.70 bits per heavy atom. The first-order chi connectivity index (χ1) is 20.7. The number of alkyl halides is 1. The van der Waals surface area contributed by atoms with Crippen LogP contribution in [0.3, 0.4) is 0 Å². The third kappa shape index (κ3) is 8.14. The number of hydrogen-bond acceptors (Lipinski definition) is 17. The highest BCUT2D eigenvalue weighted by Gasteiger charge is 2.61. The third-order valence-electron chi connectivity index (χ3n) is 6.77. The van der Waals surface area contributed by atoms with Gasteiger partial charge in [0.2, 0.25) is 0 Å². The van der Waals surface area contributed by atoms with Crippen LogP contribution in [-0.4, -0.2) is 123 Å². The van der Waals surface area contributed by atoms with Crippen LogP contribution in [0.4, 0.5) is 0 Å². The quantitative estimate of drug-likeness (QED) is 0.171. The van der Waals surface area contributed by atoms with E-state index in [-0.39, 0.29) is 6.61 Å². The van der Waals surface area contributed by atoms with Crippen molar-refractivity contribution in [2.75, 3.05) is 19.1 Å². The monoisotopic (exact) mass is 654 g/mol. The number of hydrogen-bond donors (Lipinski definition) is 0. The summed E-state index contributed by atoms with van der Waals surface area (Å²) in [6.07, 6.45) is -12.1. The minimum atomic E-state index is -1.89. The molecule has 0 amide bonds. The van der Waals surface area contributed by atoms with Gasteiger partial charge in [0.15, 0.2) is 55.5 Å². The highest BCUT2D eigenvalue weighted by atomic mass is 35.5. The van der Waals surface area contributed by atoms with Crippen LogP contribution in [0.1, 0.15) is 41.5 Å². The van der Waals surface area contributed by atoms with Gasteiger partial charge in [-0.3, -0.25) is 28.7 Å². The predicted molar refractivity (Wildman–Crippen MR) is 137 cm³/mol. The molecule has 0 spiro atoms. The van der Waals surface area contributed by atoms with Crippen molar-refractivity contribution >= 4 is 41.4 Å². The van der Waals surface area contributed by atoms with Gasteiger partial charge in [0.1, 0.15) is 24.7 Å². The number of halogens is 1. The molecule has 4 rings (SSSR count). The molecular weight excluding hydrogens is 620 g/mol. The molecule has 0 aromatic heterocycles. The van der Waals surface area contributed by atoms with Crippen molar-refractivity contribution in [2.24, 2.45) is 0 Å². The Morgan fingerprint density at radius 1 is 0.659 bits per heavy atom. The van der Waals surface area contributed by atoms with Crippen LogP contribution in [-0.2, 0) is 80.8 Å². The van der Waals surface area contributed by atoms with Crippen LogP contribution in [0.2, 0.25) is 0 Å². The van der Waals surface area contributed by atoms with Gasteiger partial charge in [-0.05, 0) is 6.92 Å². The molecule has 0 N–H and O–H groups in total.